The van der Waals surface area contributed by atoms with Crippen molar-refractivity contribution in [3.8, 4) is 0 Å². The molecule has 0 radical (unpaired) electrons. The topological polar surface area (TPSA) is 72.2 Å². The van der Waals surface area contributed by atoms with Crippen molar-refractivity contribution in [2.45, 2.75) is 18.7 Å². The third kappa shape index (κ3) is 1.92. The Morgan fingerprint density at radius 3 is 3.14 bits per heavy atom. The van der Waals surface area contributed by atoms with Crippen molar-refractivity contribution in [2.24, 2.45) is 7.05 Å². The number of nitrogens with zero attached hydrogens (tertiary/aromatic N) is 3. The number of aliphatic hydroxyl groups is 1. The van der Waals surface area contributed by atoms with Gasteiger partial charge in [-0.3, -0.25) is 4.68 Å². The molecule has 1 aliphatic heterocycles. The lowest BCUT2D eigenvalue weighted by Gasteiger charge is -2.13. The Kier molecular flexibility index (Phi) is 2.76. The van der Waals surface area contributed by atoms with Crippen molar-refractivity contribution in [1.82, 2.24) is 20.1 Å². The molecular formula is C8H14N4O2. The van der Waals surface area contributed by atoms with Gasteiger partial charge in [0.2, 0.25) is 0 Å². The van der Waals surface area contributed by atoms with Crippen molar-refractivity contribution in [3.05, 3.63) is 12.2 Å². The molecule has 6 heteroatoms. The average Bonchev–Trinajstić information content (AvgIpc) is 2.72. The summed E-state index contributed by atoms with van der Waals surface area (Å²) < 4.78 is 6.82. The van der Waals surface area contributed by atoms with Gasteiger partial charge in [-0.05, 0) is 0 Å². The first-order valence-corrected chi connectivity index (χ1v) is 4.59. The van der Waals surface area contributed by atoms with Crippen LogP contribution in [0, 0.1) is 0 Å². The van der Waals surface area contributed by atoms with Gasteiger partial charge in [-0.1, -0.05) is 0 Å². The Balaban J connectivity index is 1.85. The molecule has 0 aromatic carbocycles. The minimum atomic E-state index is -0.414. The summed E-state index contributed by atoms with van der Waals surface area (Å²) in [6, 6.07) is 0.00620. The van der Waals surface area contributed by atoms with Gasteiger partial charge in [-0.25, -0.2) is 4.98 Å². The summed E-state index contributed by atoms with van der Waals surface area (Å²) in [4.78, 5) is 4.07. The standard InChI is InChI=1S/C8H14N4O2/c1-12-8(10-5-11-12)2-9-6-3-14-4-7(6)13/h5-7,9,13H,2-4H2,1H3/t6-,7-/m1/s1. The highest BCUT2D eigenvalue weighted by molar-refractivity contribution is 4.87. The van der Waals surface area contributed by atoms with Gasteiger partial charge in [0.1, 0.15) is 12.2 Å². The van der Waals surface area contributed by atoms with Crippen LogP contribution in [0.2, 0.25) is 0 Å². The third-order valence-electron chi connectivity index (χ3n) is 2.38. The van der Waals surface area contributed by atoms with E-state index in [1.807, 2.05) is 7.05 Å². The fourth-order valence-corrected chi connectivity index (χ4v) is 1.44. The first-order valence-electron chi connectivity index (χ1n) is 4.59. The van der Waals surface area contributed by atoms with Crippen molar-refractivity contribution < 1.29 is 9.84 Å². The normalized spacial score (nSPS) is 27.0. The maximum Gasteiger partial charge on any atom is 0.140 e. The van der Waals surface area contributed by atoms with Crippen LogP contribution in [-0.2, 0) is 18.3 Å². The molecule has 0 spiro atoms. The van der Waals surface area contributed by atoms with Gasteiger partial charge in [-0.2, -0.15) is 5.10 Å². The van der Waals surface area contributed by atoms with Gasteiger partial charge in [0, 0.05) is 7.05 Å². The van der Waals surface area contributed by atoms with Crippen LogP contribution >= 0.6 is 0 Å². The molecule has 2 N–H and O–H groups in total. The van der Waals surface area contributed by atoms with Crippen LogP contribution in [0.25, 0.3) is 0 Å². The van der Waals surface area contributed by atoms with Gasteiger partial charge >= 0.3 is 0 Å². The van der Waals surface area contributed by atoms with Gasteiger partial charge in [0.15, 0.2) is 0 Å². The number of nitrogens with one attached hydrogen (secondary N) is 1. The molecule has 0 saturated carbocycles. The molecule has 78 valence electrons. The average molecular weight is 198 g/mol. The second-order valence-electron chi connectivity index (χ2n) is 3.39. The fraction of sp³-hybridized carbons (Fsp3) is 0.750. The summed E-state index contributed by atoms with van der Waals surface area (Å²) in [6.07, 6.45) is 1.10. The number of aliphatic hydroxyl groups excluding tert-OH is 1. The van der Waals surface area contributed by atoms with E-state index in [2.05, 4.69) is 15.4 Å². The number of ether oxygens (including phenoxy) is 1. The second kappa shape index (κ2) is 4.04. The van der Waals surface area contributed by atoms with Crippen LogP contribution in [0.15, 0.2) is 6.33 Å². The number of hydrogen-bond donors (Lipinski definition) is 2. The molecule has 0 amide bonds. The monoisotopic (exact) mass is 198 g/mol. The number of rotatable bonds is 3. The summed E-state index contributed by atoms with van der Waals surface area (Å²) in [7, 11) is 1.84. The molecule has 0 bridgehead atoms. The van der Waals surface area contributed by atoms with Gasteiger partial charge < -0.3 is 15.2 Å². The Morgan fingerprint density at radius 1 is 1.71 bits per heavy atom. The largest absolute Gasteiger partial charge is 0.389 e. The van der Waals surface area contributed by atoms with Crippen molar-refractivity contribution in [2.75, 3.05) is 13.2 Å². The highest BCUT2D eigenvalue weighted by atomic mass is 16.5. The minimum Gasteiger partial charge on any atom is -0.389 e. The lowest BCUT2D eigenvalue weighted by atomic mass is 10.2. The van der Waals surface area contributed by atoms with E-state index in [1.165, 1.54) is 6.33 Å². The predicted molar refractivity (Wildman–Crippen MR) is 48.5 cm³/mol. The summed E-state index contributed by atoms with van der Waals surface area (Å²) in [6.45, 7) is 1.57. The third-order valence-corrected chi connectivity index (χ3v) is 2.38. The van der Waals surface area contributed by atoms with Gasteiger partial charge in [0.05, 0.1) is 31.9 Å². The lowest BCUT2D eigenvalue weighted by Crippen LogP contribution is -2.38. The van der Waals surface area contributed by atoms with Crippen LogP contribution in [0.1, 0.15) is 5.82 Å². The summed E-state index contributed by atoms with van der Waals surface area (Å²) in [5.74, 6) is 0.851. The minimum absolute atomic E-state index is 0.00620. The molecule has 14 heavy (non-hydrogen) atoms. The van der Waals surface area contributed by atoms with E-state index in [1.54, 1.807) is 4.68 Å². The van der Waals surface area contributed by atoms with Crippen LogP contribution in [0.4, 0.5) is 0 Å². The molecular weight excluding hydrogens is 184 g/mol. The first kappa shape index (κ1) is 9.57. The van der Waals surface area contributed by atoms with Crippen LogP contribution < -0.4 is 5.32 Å². The molecule has 1 saturated heterocycles. The van der Waals surface area contributed by atoms with E-state index in [0.29, 0.717) is 19.8 Å². The zero-order valence-corrected chi connectivity index (χ0v) is 8.05. The molecule has 0 unspecified atom stereocenters. The summed E-state index contributed by atoms with van der Waals surface area (Å²) in [5.41, 5.74) is 0. The molecule has 2 rings (SSSR count). The number of aromatic nitrogens is 3. The van der Waals surface area contributed by atoms with Crippen molar-refractivity contribution >= 4 is 0 Å². The second-order valence-corrected chi connectivity index (χ2v) is 3.39. The lowest BCUT2D eigenvalue weighted by molar-refractivity contribution is 0.122. The fourth-order valence-electron chi connectivity index (χ4n) is 1.44. The smallest absolute Gasteiger partial charge is 0.140 e. The Labute approximate surface area is 81.9 Å². The molecule has 6 nitrogen and oxygen atoms in total. The Morgan fingerprint density at radius 2 is 2.57 bits per heavy atom. The van der Waals surface area contributed by atoms with E-state index >= 15 is 0 Å². The van der Waals surface area contributed by atoms with Crippen molar-refractivity contribution in [3.63, 3.8) is 0 Å². The highest BCUT2D eigenvalue weighted by Crippen LogP contribution is 2.05. The first-order chi connectivity index (χ1) is 6.77. The quantitative estimate of drug-likeness (QED) is 0.629. The molecule has 1 aromatic rings. The van der Waals surface area contributed by atoms with Crippen LogP contribution in [0.5, 0.6) is 0 Å². The van der Waals surface area contributed by atoms with Gasteiger partial charge in [-0.15, -0.1) is 0 Å². The summed E-state index contributed by atoms with van der Waals surface area (Å²) >= 11 is 0. The molecule has 1 aromatic heterocycles. The zero-order chi connectivity index (χ0) is 9.97. The van der Waals surface area contributed by atoms with Gasteiger partial charge in [0.25, 0.3) is 0 Å². The number of hydrogen-bond acceptors (Lipinski definition) is 5. The van der Waals surface area contributed by atoms with E-state index in [0.717, 1.165) is 5.82 Å². The zero-order valence-electron chi connectivity index (χ0n) is 8.05. The predicted octanol–water partition coefficient (Wildman–Crippen LogP) is -1.34. The molecule has 1 aliphatic rings. The highest BCUT2D eigenvalue weighted by Gasteiger charge is 2.25. The van der Waals surface area contributed by atoms with Crippen LogP contribution in [-0.4, -0.2) is 45.2 Å². The molecule has 2 atom stereocenters. The van der Waals surface area contributed by atoms with Crippen LogP contribution in [0.3, 0.4) is 0 Å². The molecule has 1 fully saturated rings. The maximum atomic E-state index is 9.46. The van der Waals surface area contributed by atoms with Crippen molar-refractivity contribution in [1.29, 1.82) is 0 Å². The number of aryl methyl sites for hydroxylation is 1. The Hall–Kier alpha value is -0.980. The van der Waals surface area contributed by atoms with E-state index < -0.39 is 6.10 Å². The summed E-state index contributed by atoms with van der Waals surface area (Å²) in [5, 5.41) is 16.6. The molecule has 0 aliphatic carbocycles. The van der Waals surface area contributed by atoms with E-state index in [4.69, 9.17) is 4.74 Å². The Bertz CT molecular complexity index is 301. The molecule has 2 heterocycles. The van der Waals surface area contributed by atoms with E-state index in [9.17, 15) is 5.11 Å². The van der Waals surface area contributed by atoms with E-state index in [-0.39, 0.29) is 6.04 Å². The SMILES string of the molecule is Cn1ncnc1CN[C@@H]1COC[C@H]1O. The maximum absolute atomic E-state index is 9.46.